The van der Waals surface area contributed by atoms with Crippen LogP contribution in [0.15, 0.2) is 48.7 Å². The van der Waals surface area contributed by atoms with Gasteiger partial charge < -0.3 is 4.90 Å². The zero-order valence-electron chi connectivity index (χ0n) is 18.4. The molecule has 1 aliphatic rings. The van der Waals surface area contributed by atoms with Crippen molar-refractivity contribution in [2.45, 2.75) is 26.2 Å². The van der Waals surface area contributed by atoms with Crippen LogP contribution in [0.2, 0.25) is 0 Å². The first kappa shape index (κ1) is 19.5. The molecule has 1 aliphatic heterocycles. The third-order valence-corrected chi connectivity index (χ3v) is 6.59. The third-order valence-electron chi connectivity index (χ3n) is 6.59. The number of anilines is 1. The lowest BCUT2D eigenvalue weighted by Crippen LogP contribution is -2.29. The number of piperidine rings is 1. The summed E-state index contributed by atoms with van der Waals surface area (Å²) in [4.78, 5) is 7.24. The van der Waals surface area contributed by atoms with Gasteiger partial charge in [-0.2, -0.15) is 15.5 Å². The first-order chi connectivity index (χ1) is 16.2. The summed E-state index contributed by atoms with van der Waals surface area (Å²) in [6, 6.07) is 17.0. The molecule has 0 amide bonds. The van der Waals surface area contributed by atoms with E-state index in [2.05, 4.69) is 55.6 Å². The van der Waals surface area contributed by atoms with Crippen molar-refractivity contribution in [3.05, 3.63) is 59.9 Å². The smallest absolute Gasteiger partial charge is 0.182 e. The molecule has 0 unspecified atom stereocenters. The highest BCUT2D eigenvalue weighted by molar-refractivity contribution is 6.01. The fourth-order valence-electron chi connectivity index (χ4n) is 4.89. The van der Waals surface area contributed by atoms with E-state index in [0.29, 0.717) is 16.9 Å². The normalized spacial score (nSPS) is 14.1. The lowest BCUT2D eigenvalue weighted by molar-refractivity contribution is 0.578. The van der Waals surface area contributed by atoms with E-state index >= 15 is 0 Å². The van der Waals surface area contributed by atoms with Crippen LogP contribution in [0.3, 0.4) is 0 Å². The molecule has 7 heteroatoms. The Kier molecular flexibility index (Phi) is 4.58. The Hall–Kier alpha value is -4.18. The van der Waals surface area contributed by atoms with Crippen LogP contribution in [-0.2, 0) is 0 Å². The van der Waals surface area contributed by atoms with Gasteiger partial charge in [-0.3, -0.25) is 10.2 Å². The van der Waals surface area contributed by atoms with Crippen LogP contribution in [0.1, 0.15) is 30.5 Å². The van der Waals surface area contributed by atoms with Gasteiger partial charge in [0.2, 0.25) is 0 Å². The molecule has 0 atom stereocenters. The van der Waals surface area contributed by atoms with Crippen LogP contribution in [0.25, 0.3) is 44.3 Å². The number of nitrogens with one attached hydrogen (secondary N) is 2. The molecule has 33 heavy (non-hydrogen) atoms. The Bertz CT molecular complexity index is 1510. The summed E-state index contributed by atoms with van der Waals surface area (Å²) in [6.07, 6.45) is 5.57. The minimum Gasteiger partial charge on any atom is -0.372 e. The second-order valence-electron chi connectivity index (χ2n) is 8.64. The van der Waals surface area contributed by atoms with E-state index in [1.807, 2.05) is 25.1 Å². The number of nitrogens with zero attached hydrogens (tertiary/aromatic N) is 5. The van der Waals surface area contributed by atoms with Gasteiger partial charge in [-0.1, -0.05) is 18.2 Å². The number of aromatic amines is 2. The minimum absolute atomic E-state index is 0.556. The van der Waals surface area contributed by atoms with Gasteiger partial charge in [-0.25, -0.2) is 4.98 Å². The molecule has 1 saturated heterocycles. The number of H-pyrrole nitrogens is 2. The van der Waals surface area contributed by atoms with E-state index < -0.39 is 0 Å². The molecule has 4 heterocycles. The van der Waals surface area contributed by atoms with Crippen LogP contribution < -0.4 is 4.90 Å². The standard InChI is InChI=1S/C26H23N7/c1-16-23-24(17-5-8-20(9-6-17)33-11-3-2-4-12-33)21(14-27)25(29-26(23)32-30-16)18-7-10-22-19(13-18)15-28-31-22/h5-10,13,15H,2-4,11-12H2,1H3,(H,28,31)(H,29,30,32). The van der Waals surface area contributed by atoms with Crippen LogP contribution in [0.5, 0.6) is 0 Å². The molecule has 0 saturated carbocycles. The number of fused-ring (bicyclic) bond motifs is 2. The second-order valence-corrected chi connectivity index (χ2v) is 8.64. The number of hydrogen-bond donors (Lipinski definition) is 2. The van der Waals surface area contributed by atoms with Crippen LogP contribution in [-0.4, -0.2) is 38.5 Å². The molecular weight excluding hydrogens is 410 g/mol. The molecule has 1 fully saturated rings. The lowest BCUT2D eigenvalue weighted by atomic mass is 9.93. The topological polar surface area (TPSA) is 97.3 Å². The van der Waals surface area contributed by atoms with E-state index in [0.717, 1.165) is 51.8 Å². The lowest BCUT2D eigenvalue weighted by Gasteiger charge is -2.29. The maximum absolute atomic E-state index is 10.3. The zero-order chi connectivity index (χ0) is 22.4. The van der Waals surface area contributed by atoms with Gasteiger partial charge in [-0.05, 0) is 56.0 Å². The molecule has 5 aromatic rings. The highest BCUT2D eigenvalue weighted by atomic mass is 15.1. The van der Waals surface area contributed by atoms with E-state index in [9.17, 15) is 5.26 Å². The summed E-state index contributed by atoms with van der Waals surface area (Å²) in [5.74, 6) is 0. The predicted octanol–water partition coefficient (Wildman–Crippen LogP) is 5.34. The van der Waals surface area contributed by atoms with Crippen molar-refractivity contribution < 1.29 is 0 Å². The molecular formula is C26H23N7. The number of nitriles is 1. The molecule has 6 rings (SSSR count). The summed E-state index contributed by atoms with van der Waals surface area (Å²) in [5.41, 5.74) is 7.63. The summed E-state index contributed by atoms with van der Waals surface area (Å²) in [7, 11) is 0. The van der Waals surface area contributed by atoms with Crippen molar-refractivity contribution in [1.29, 1.82) is 5.26 Å². The fourth-order valence-corrected chi connectivity index (χ4v) is 4.89. The van der Waals surface area contributed by atoms with Gasteiger partial charge in [0, 0.05) is 41.0 Å². The molecule has 2 N–H and O–H groups in total. The molecule has 0 radical (unpaired) electrons. The number of benzene rings is 2. The van der Waals surface area contributed by atoms with Gasteiger partial charge in [0.05, 0.1) is 28.4 Å². The molecule has 0 bridgehead atoms. The molecule has 7 nitrogen and oxygen atoms in total. The van der Waals surface area contributed by atoms with Gasteiger partial charge in [0.25, 0.3) is 0 Å². The van der Waals surface area contributed by atoms with Crippen LogP contribution in [0.4, 0.5) is 5.69 Å². The first-order valence-corrected chi connectivity index (χ1v) is 11.3. The number of hydrogen-bond acceptors (Lipinski definition) is 5. The number of pyridine rings is 1. The van der Waals surface area contributed by atoms with Gasteiger partial charge in [0.15, 0.2) is 5.65 Å². The zero-order valence-corrected chi connectivity index (χ0v) is 18.4. The molecule has 0 spiro atoms. The van der Waals surface area contributed by atoms with Crippen molar-refractivity contribution in [3.63, 3.8) is 0 Å². The minimum atomic E-state index is 0.556. The number of rotatable bonds is 3. The largest absolute Gasteiger partial charge is 0.372 e. The monoisotopic (exact) mass is 433 g/mol. The average molecular weight is 434 g/mol. The Morgan fingerprint density at radius 1 is 0.970 bits per heavy atom. The van der Waals surface area contributed by atoms with Crippen molar-refractivity contribution in [1.82, 2.24) is 25.4 Å². The highest BCUT2D eigenvalue weighted by Gasteiger charge is 2.22. The van der Waals surface area contributed by atoms with Gasteiger partial charge >= 0.3 is 0 Å². The number of aryl methyl sites for hydroxylation is 1. The Balaban J connectivity index is 1.54. The van der Waals surface area contributed by atoms with Crippen molar-refractivity contribution in [2.24, 2.45) is 0 Å². The third kappa shape index (κ3) is 3.23. The van der Waals surface area contributed by atoms with Gasteiger partial charge in [0.1, 0.15) is 6.07 Å². The quantitative estimate of drug-likeness (QED) is 0.400. The molecule has 0 aliphatic carbocycles. The summed E-state index contributed by atoms with van der Waals surface area (Å²) in [6.45, 7) is 4.18. The summed E-state index contributed by atoms with van der Waals surface area (Å²) >= 11 is 0. The first-order valence-electron chi connectivity index (χ1n) is 11.3. The van der Waals surface area contributed by atoms with Gasteiger partial charge in [-0.15, -0.1) is 0 Å². The Morgan fingerprint density at radius 2 is 1.76 bits per heavy atom. The van der Waals surface area contributed by atoms with E-state index in [1.165, 1.54) is 24.9 Å². The summed E-state index contributed by atoms with van der Waals surface area (Å²) in [5, 5.41) is 26.7. The fraction of sp³-hybridized carbons (Fsp3) is 0.231. The van der Waals surface area contributed by atoms with E-state index in [4.69, 9.17) is 4.98 Å². The Morgan fingerprint density at radius 3 is 2.55 bits per heavy atom. The van der Waals surface area contributed by atoms with Crippen molar-refractivity contribution in [3.8, 4) is 28.5 Å². The molecule has 162 valence electrons. The second kappa shape index (κ2) is 7.75. The highest BCUT2D eigenvalue weighted by Crippen LogP contribution is 2.38. The summed E-state index contributed by atoms with van der Waals surface area (Å²) < 4.78 is 0. The van der Waals surface area contributed by atoms with E-state index in [1.54, 1.807) is 6.20 Å². The Labute approximate surface area is 191 Å². The maximum atomic E-state index is 10.3. The van der Waals surface area contributed by atoms with Crippen LogP contribution in [0, 0.1) is 18.3 Å². The molecule has 2 aromatic carbocycles. The molecule has 3 aromatic heterocycles. The van der Waals surface area contributed by atoms with E-state index in [-0.39, 0.29) is 0 Å². The SMILES string of the molecule is Cc1[nH]nc2nc(-c3ccc4[nH]ncc4c3)c(C#N)c(-c3ccc(N4CCCCC4)cc3)c12. The number of aromatic nitrogens is 5. The predicted molar refractivity (Wildman–Crippen MR) is 130 cm³/mol. The van der Waals surface area contributed by atoms with Crippen molar-refractivity contribution >= 4 is 27.6 Å². The average Bonchev–Trinajstić information content (AvgIpc) is 3.49. The maximum Gasteiger partial charge on any atom is 0.182 e. The van der Waals surface area contributed by atoms with Crippen LogP contribution >= 0.6 is 0 Å². The van der Waals surface area contributed by atoms with Crippen molar-refractivity contribution in [2.75, 3.05) is 18.0 Å².